The number of hydrogen-bond donors (Lipinski definition) is 1. The molecule has 0 aromatic carbocycles. The second-order valence-electron chi connectivity index (χ2n) is 4.98. The fraction of sp³-hybridized carbons (Fsp3) is 0.615. The van der Waals surface area contributed by atoms with Gasteiger partial charge < -0.3 is 10.2 Å². The van der Waals surface area contributed by atoms with E-state index in [1.165, 1.54) is 37.9 Å². The van der Waals surface area contributed by atoms with Crippen LogP contribution in [0.15, 0.2) is 18.3 Å². The zero-order chi connectivity index (χ0) is 11.0. The van der Waals surface area contributed by atoms with Crippen LogP contribution in [0.5, 0.6) is 0 Å². The van der Waals surface area contributed by atoms with E-state index in [9.17, 15) is 0 Å². The predicted molar refractivity (Wildman–Crippen MR) is 66.9 cm³/mol. The minimum absolute atomic E-state index is 0.799. The van der Waals surface area contributed by atoms with E-state index in [2.05, 4.69) is 27.3 Å². The van der Waals surface area contributed by atoms with Crippen molar-refractivity contribution in [3.63, 3.8) is 0 Å². The van der Waals surface area contributed by atoms with Crippen molar-refractivity contribution in [1.29, 1.82) is 0 Å². The summed E-state index contributed by atoms with van der Waals surface area (Å²) in [7, 11) is 1.93. The highest BCUT2D eigenvalue weighted by molar-refractivity contribution is 5.55. The lowest BCUT2D eigenvalue weighted by molar-refractivity contribution is 0.718. The van der Waals surface area contributed by atoms with E-state index in [1.54, 1.807) is 0 Å². The molecule has 0 aliphatic heterocycles. The summed E-state index contributed by atoms with van der Waals surface area (Å²) in [6, 6.07) is 5.11. The van der Waals surface area contributed by atoms with Gasteiger partial charge in [0, 0.05) is 37.6 Å². The molecule has 3 rings (SSSR count). The first-order valence-corrected chi connectivity index (χ1v) is 6.27. The molecular weight excluding hydrogens is 198 g/mol. The molecule has 1 aromatic heterocycles. The van der Waals surface area contributed by atoms with Crippen molar-refractivity contribution in [3.05, 3.63) is 18.3 Å². The summed E-state index contributed by atoms with van der Waals surface area (Å²) in [5, 5.41) is 3.11. The van der Waals surface area contributed by atoms with Gasteiger partial charge in [0.15, 0.2) is 0 Å². The molecule has 86 valence electrons. The second kappa shape index (κ2) is 3.96. The first-order valence-electron chi connectivity index (χ1n) is 6.27. The van der Waals surface area contributed by atoms with Crippen molar-refractivity contribution in [1.82, 2.24) is 4.98 Å². The summed E-state index contributed by atoms with van der Waals surface area (Å²) in [6.45, 7) is 1.25. The molecule has 3 nitrogen and oxygen atoms in total. The van der Waals surface area contributed by atoms with E-state index in [1.807, 2.05) is 13.2 Å². The first-order chi connectivity index (χ1) is 7.86. The van der Waals surface area contributed by atoms with Gasteiger partial charge in [-0.1, -0.05) is 0 Å². The van der Waals surface area contributed by atoms with Gasteiger partial charge in [-0.15, -0.1) is 0 Å². The molecule has 2 aliphatic rings. The lowest BCUT2D eigenvalue weighted by Crippen LogP contribution is -2.28. The van der Waals surface area contributed by atoms with Crippen molar-refractivity contribution >= 4 is 11.5 Å². The molecule has 0 unspecified atom stereocenters. The van der Waals surface area contributed by atoms with Crippen LogP contribution < -0.4 is 10.2 Å². The Bertz CT molecular complexity index is 369. The van der Waals surface area contributed by atoms with E-state index in [-0.39, 0.29) is 0 Å². The van der Waals surface area contributed by atoms with Crippen LogP contribution in [0.4, 0.5) is 11.5 Å². The predicted octanol–water partition coefficient (Wildman–Crippen LogP) is 2.50. The lowest BCUT2D eigenvalue weighted by atomic mass is 10.3. The number of nitrogens with one attached hydrogen (secondary N) is 1. The summed E-state index contributed by atoms with van der Waals surface area (Å²) in [5.74, 6) is 1.92. The van der Waals surface area contributed by atoms with Crippen molar-refractivity contribution < 1.29 is 0 Å². The Kier molecular flexibility index (Phi) is 2.46. The van der Waals surface area contributed by atoms with Gasteiger partial charge in [0.2, 0.25) is 0 Å². The number of nitrogens with zero attached hydrogens (tertiary/aromatic N) is 2. The van der Waals surface area contributed by atoms with Gasteiger partial charge in [0.25, 0.3) is 0 Å². The SMILES string of the molecule is CNc1cc(N(CC2CC2)C2CC2)ccn1. The van der Waals surface area contributed by atoms with E-state index in [4.69, 9.17) is 0 Å². The normalized spacial score (nSPS) is 19.6. The van der Waals surface area contributed by atoms with Crippen LogP contribution in [0.2, 0.25) is 0 Å². The number of pyridine rings is 1. The van der Waals surface area contributed by atoms with Crippen LogP contribution in [0, 0.1) is 5.92 Å². The maximum Gasteiger partial charge on any atom is 0.127 e. The van der Waals surface area contributed by atoms with Crippen LogP contribution >= 0.6 is 0 Å². The highest BCUT2D eigenvalue weighted by atomic mass is 15.2. The third kappa shape index (κ3) is 2.13. The van der Waals surface area contributed by atoms with Gasteiger partial charge in [-0.05, 0) is 37.7 Å². The standard InChI is InChI=1S/C13H19N3/c1-14-13-8-12(6-7-15-13)16(11-4-5-11)9-10-2-3-10/h6-8,10-11H,2-5,9H2,1H3,(H,14,15). The Morgan fingerprint density at radius 3 is 2.81 bits per heavy atom. The van der Waals surface area contributed by atoms with E-state index in [0.29, 0.717) is 0 Å². The average Bonchev–Trinajstić information content (AvgIpc) is 3.16. The molecule has 1 aromatic rings. The van der Waals surface area contributed by atoms with Crippen molar-refractivity contribution in [2.75, 3.05) is 23.8 Å². The van der Waals surface area contributed by atoms with E-state index in [0.717, 1.165) is 17.8 Å². The van der Waals surface area contributed by atoms with Crippen LogP contribution in [-0.2, 0) is 0 Å². The van der Waals surface area contributed by atoms with Gasteiger partial charge in [-0.2, -0.15) is 0 Å². The fourth-order valence-electron chi connectivity index (χ4n) is 2.16. The fourth-order valence-corrected chi connectivity index (χ4v) is 2.16. The van der Waals surface area contributed by atoms with Crippen LogP contribution in [0.3, 0.4) is 0 Å². The van der Waals surface area contributed by atoms with Crippen molar-refractivity contribution in [2.24, 2.45) is 5.92 Å². The molecule has 2 aliphatic carbocycles. The summed E-state index contributed by atoms with van der Waals surface area (Å²) in [5.41, 5.74) is 1.34. The van der Waals surface area contributed by atoms with E-state index >= 15 is 0 Å². The summed E-state index contributed by atoms with van der Waals surface area (Å²) in [6.07, 6.45) is 7.48. The minimum atomic E-state index is 0.799. The molecule has 3 heteroatoms. The molecule has 0 spiro atoms. The largest absolute Gasteiger partial charge is 0.373 e. The number of hydrogen-bond acceptors (Lipinski definition) is 3. The number of rotatable bonds is 5. The molecule has 2 fully saturated rings. The summed E-state index contributed by atoms with van der Waals surface area (Å²) < 4.78 is 0. The third-order valence-corrected chi connectivity index (χ3v) is 3.47. The maximum atomic E-state index is 4.28. The topological polar surface area (TPSA) is 28.2 Å². The molecule has 0 bridgehead atoms. The minimum Gasteiger partial charge on any atom is -0.373 e. The highest BCUT2D eigenvalue weighted by Gasteiger charge is 2.33. The molecule has 2 saturated carbocycles. The van der Waals surface area contributed by atoms with Gasteiger partial charge >= 0.3 is 0 Å². The summed E-state index contributed by atoms with van der Waals surface area (Å²) in [4.78, 5) is 6.86. The van der Waals surface area contributed by atoms with Gasteiger partial charge in [0.05, 0.1) is 0 Å². The van der Waals surface area contributed by atoms with Gasteiger partial charge in [-0.3, -0.25) is 0 Å². The Morgan fingerprint density at radius 2 is 2.19 bits per heavy atom. The second-order valence-corrected chi connectivity index (χ2v) is 4.98. The smallest absolute Gasteiger partial charge is 0.127 e. The monoisotopic (exact) mass is 217 g/mol. The lowest BCUT2D eigenvalue weighted by Gasteiger charge is -2.24. The Morgan fingerprint density at radius 1 is 1.38 bits per heavy atom. The average molecular weight is 217 g/mol. The molecule has 0 amide bonds. The van der Waals surface area contributed by atoms with Gasteiger partial charge in [0.1, 0.15) is 5.82 Å². The molecule has 1 heterocycles. The third-order valence-electron chi connectivity index (χ3n) is 3.47. The van der Waals surface area contributed by atoms with Gasteiger partial charge in [-0.25, -0.2) is 4.98 Å². The number of aromatic nitrogens is 1. The zero-order valence-corrected chi connectivity index (χ0v) is 9.82. The molecule has 16 heavy (non-hydrogen) atoms. The molecule has 0 atom stereocenters. The van der Waals surface area contributed by atoms with Crippen LogP contribution in [-0.4, -0.2) is 24.6 Å². The molecule has 0 saturated heterocycles. The first kappa shape index (κ1) is 9.94. The Balaban J connectivity index is 1.79. The highest BCUT2D eigenvalue weighted by Crippen LogP contribution is 2.37. The van der Waals surface area contributed by atoms with E-state index < -0.39 is 0 Å². The van der Waals surface area contributed by atoms with Crippen molar-refractivity contribution in [3.8, 4) is 0 Å². The summed E-state index contributed by atoms with van der Waals surface area (Å²) >= 11 is 0. The Hall–Kier alpha value is -1.25. The van der Waals surface area contributed by atoms with Crippen LogP contribution in [0.25, 0.3) is 0 Å². The number of anilines is 2. The molecular formula is C13H19N3. The van der Waals surface area contributed by atoms with Crippen molar-refractivity contribution in [2.45, 2.75) is 31.7 Å². The van der Waals surface area contributed by atoms with Crippen LogP contribution in [0.1, 0.15) is 25.7 Å². The zero-order valence-electron chi connectivity index (χ0n) is 9.82. The maximum absolute atomic E-state index is 4.28. The quantitative estimate of drug-likeness (QED) is 0.821. The Labute approximate surface area is 96.9 Å². The molecule has 0 radical (unpaired) electrons. The molecule has 1 N–H and O–H groups in total.